The lowest BCUT2D eigenvalue weighted by molar-refractivity contribution is 1.30. The van der Waals surface area contributed by atoms with Gasteiger partial charge in [-0.2, -0.15) is 0 Å². The highest BCUT2D eigenvalue weighted by molar-refractivity contribution is 6.04. The SMILES string of the molecule is N=C(N)c1ccc2ccc3cccnc3c2n1. The summed E-state index contributed by atoms with van der Waals surface area (Å²) < 4.78 is 0. The van der Waals surface area contributed by atoms with E-state index in [-0.39, 0.29) is 5.84 Å². The zero-order valence-electron chi connectivity index (χ0n) is 9.01. The normalized spacial score (nSPS) is 10.8. The summed E-state index contributed by atoms with van der Waals surface area (Å²) in [5.74, 6) is -0.0279. The van der Waals surface area contributed by atoms with Crippen molar-refractivity contribution < 1.29 is 0 Å². The van der Waals surface area contributed by atoms with Gasteiger partial charge in [-0.15, -0.1) is 0 Å². The van der Waals surface area contributed by atoms with Gasteiger partial charge in [0.25, 0.3) is 0 Å². The second kappa shape index (κ2) is 3.52. The third-order valence-corrected chi connectivity index (χ3v) is 2.71. The summed E-state index contributed by atoms with van der Waals surface area (Å²) in [5, 5.41) is 9.45. The van der Waals surface area contributed by atoms with Crippen molar-refractivity contribution >= 4 is 27.6 Å². The Hall–Kier alpha value is -2.49. The van der Waals surface area contributed by atoms with Crippen molar-refractivity contribution in [3.05, 3.63) is 48.3 Å². The quantitative estimate of drug-likeness (QED) is 0.376. The molecule has 2 aromatic heterocycles. The summed E-state index contributed by atoms with van der Waals surface area (Å²) >= 11 is 0. The molecule has 3 N–H and O–H groups in total. The number of aromatic nitrogens is 2. The van der Waals surface area contributed by atoms with Gasteiger partial charge in [0.1, 0.15) is 11.5 Å². The molecule has 0 fully saturated rings. The third-order valence-electron chi connectivity index (χ3n) is 2.71. The number of nitrogens with one attached hydrogen (secondary N) is 1. The van der Waals surface area contributed by atoms with Gasteiger partial charge in [0, 0.05) is 17.0 Å². The van der Waals surface area contributed by atoms with Gasteiger partial charge in [-0.1, -0.05) is 24.3 Å². The summed E-state index contributed by atoms with van der Waals surface area (Å²) in [6.45, 7) is 0. The lowest BCUT2D eigenvalue weighted by Gasteiger charge is -2.04. The topological polar surface area (TPSA) is 75.7 Å². The van der Waals surface area contributed by atoms with Crippen LogP contribution in [0, 0.1) is 5.41 Å². The molecule has 0 atom stereocenters. The number of benzene rings is 1. The van der Waals surface area contributed by atoms with Crippen LogP contribution in [0.1, 0.15) is 5.69 Å². The van der Waals surface area contributed by atoms with Crippen LogP contribution in [0.25, 0.3) is 21.8 Å². The first kappa shape index (κ1) is 9.72. The first-order valence-corrected chi connectivity index (χ1v) is 5.24. The smallest absolute Gasteiger partial charge is 0.141 e. The van der Waals surface area contributed by atoms with Crippen LogP contribution in [0.5, 0.6) is 0 Å². The molecule has 2 heterocycles. The largest absolute Gasteiger partial charge is 0.382 e. The van der Waals surface area contributed by atoms with E-state index in [1.165, 1.54) is 0 Å². The van der Waals surface area contributed by atoms with Gasteiger partial charge in [-0.25, -0.2) is 4.98 Å². The van der Waals surface area contributed by atoms with Gasteiger partial charge in [0.2, 0.25) is 0 Å². The monoisotopic (exact) mass is 222 g/mol. The maximum Gasteiger partial charge on any atom is 0.141 e. The molecule has 0 unspecified atom stereocenters. The number of hydrogen-bond donors (Lipinski definition) is 2. The Labute approximate surface area is 97.6 Å². The van der Waals surface area contributed by atoms with Crippen molar-refractivity contribution in [1.82, 2.24) is 9.97 Å². The average Bonchev–Trinajstić information content (AvgIpc) is 2.38. The highest BCUT2D eigenvalue weighted by Crippen LogP contribution is 2.21. The number of nitrogen functional groups attached to an aromatic ring is 1. The molecule has 0 spiro atoms. The summed E-state index contributed by atoms with van der Waals surface area (Å²) in [4.78, 5) is 8.73. The van der Waals surface area contributed by atoms with E-state index in [1.54, 1.807) is 12.3 Å². The molecule has 4 nitrogen and oxygen atoms in total. The van der Waals surface area contributed by atoms with E-state index in [0.717, 1.165) is 21.8 Å². The molecule has 3 aromatic rings. The average molecular weight is 222 g/mol. The fourth-order valence-electron chi connectivity index (χ4n) is 1.87. The Morgan fingerprint density at radius 3 is 2.47 bits per heavy atom. The molecule has 0 amide bonds. The van der Waals surface area contributed by atoms with Crippen LogP contribution in [-0.2, 0) is 0 Å². The molecule has 0 saturated carbocycles. The Morgan fingerprint density at radius 1 is 1.00 bits per heavy atom. The second-order valence-corrected chi connectivity index (χ2v) is 3.82. The van der Waals surface area contributed by atoms with Gasteiger partial charge in [-0.05, 0) is 12.1 Å². The van der Waals surface area contributed by atoms with Crippen LogP contribution in [0.15, 0.2) is 42.6 Å². The van der Waals surface area contributed by atoms with Crippen molar-refractivity contribution in [2.24, 2.45) is 5.73 Å². The Bertz CT molecular complexity index is 734. The maximum absolute atomic E-state index is 7.41. The van der Waals surface area contributed by atoms with Gasteiger partial charge >= 0.3 is 0 Å². The number of hydrogen-bond acceptors (Lipinski definition) is 3. The van der Waals surface area contributed by atoms with Crippen molar-refractivity contribution in [2.45, 2.75) is 0 Å². The minimum atomic E-state index is -0.0279. The van der Waals surface area contributed by atoms with Crippen LogP contribution in [0.2, 0.25) is 0 Å². The molecule has 0 radical (unpaired) electrons. The van der Waals surface area contributed by atoms with E-state index in [0.29, 0.717) is 5.69 Å². The van der Waals surface area contributed by atoms with Gasteiger partial charge in [-0.3, -0.25) is 10.4 Å². The zero-order valence-corrected chi connectivity index (χ0v) is 9.01. The van der Waals surface area contributed by atoms with E-state index in [2.05, 4.69) is 9.97 Å². The molecule has 17 heavy (non-hydrogen) atoms. The molecule has 3 rings (SSSR count). The van der Waals surface area contributed by atoms with E-state index in [9.17, 15) is 0 Å². The van der Waals surface area contributed by atoms with Crippen LogP contribution in [0.3, 0.4) is 0 Å². The van der Waals surface area contributed by atoms with Gasteiger partial charge in [0.05, 0.1) is 11.0 Å². The fourth-order valence-corrected chi connectivity index (χ4v) is 1.87. The number of nitrogens with two attached hydrogens (primary N) is 1. The zero-order chi connectivity index (χ0) is 11.8. The Kier molecular flexibility index (Phi) is 2.01. The van der Waals surface area contributed by atoms with Gasteiger partial charge in [0.15, 0.2) is 0 Å². The molecule has 0 bridgehead atoms. The summed E-state index contributed by atoms with van der Waals surface area (Å²) in [6, 6.07) is 11.6. The molecule has 0 aliphatic rings. The second-order valence-electron chi connectivity index (χ2n) is 3.82. The first-order valence-electron chi connectivity index (χ1n) is 5.24. The van der Waals surface area contributed by atoms with Gasteiger partial charge < -0.3 is 5.73 Å². The molecule has 0 aliphatic heterocycles. The van der Waals surface area contributed by atoms with Crippen molar-refractivity contribution in [3.63, 3.8) is 0 Å². The number of nitrogens with zero attached hydrogens (tertiary/aromatic N) is 2. The first-order chi connectivity index (χ1) is 8.25. The van der Waals surface area contributed by atoms with E-state index < -0.39 is 0 Å². The lowest BCUT2D eigenvalue weighted by Crippen LogP contribution is -2.12. The Morgan fingerprint density at radius 2 is 1.71 bits per heavy atom. The number of fused-ring (bicyclic) bond motifs is 3. The summed E-state index contributed by atoms with van der Waals surface area (Å²) in [6.07, 6.45) is 1.74. The molecule has 0 saturated heterocycles. The Balaban J connectivity index is 2.46. The molecule has 1 aromatic carbocycles. The lowest BCUT2D eigenvalue weighted by atomic mass is 10.1. The van der Waals surface area contributed by atoms with E-state index in [1.807, 2.05) is 30.3 Å². The molecule has 82 valence electrons. The van der Waals surface area contributed by atoms with Crippen LogP contribution in [0.4, 0.5) is 0 Å². The predicted octanol–water partition coefficient (Wildman–Crippen LogP) is 2.07. The standard InChI is InChI=1S/C13H10N4/c14-13(15)10-6-5-9-4-3-8-2-1-7-16-11(8)12(9)17-10/h1-7H,(H3,14,15). The maximum atomic E-state index is 7.41. The minimum Gasteiger partial charge on any atom is -0.382 e. The minimum absolute atomic E-state index is 0.0279. The van der Waals surface area contributed by atoms with E-state index >= 15 is 0 Å². The number of rotatable bonds is 1. The summed E-state index contributed by atoms with van der Waals surface area (Å²) in [7, 11) is 0. The fraction of sp³-hybridized carbons (Fsp3) is 0. The van der Waals surface area contributed by atoms with Crippen LogP contribution >= 0.6 is 0 Å². The van der Waals surface area contributed by atoms with Crippen molar-refractivity contribution in [2.75, 3.05) is 0 Å². The number of pyridine rings is 2. The molecular formula is C13H10N4. The predicted molar refractivity (Wildman–Crippen MR) is 68.1 cm³/mol. The summed E-state index contributed by atoms with van der Waals surface area (Å²) in [5.41, 5.74) is 7.56. The van der Waals surface area contributed by atoms with Crippen LogP contribution < -0.4 is 5.73 Å². The van der Waals surface area contributed by atoms with E-state index in [4.69, 9.17) is 11.1 Å². The third kappa shape index (κ3) is 1.50. The molecule has 4 heteroatoms. The highest BCUT2D eigenvalue weighted by atomic mass is 14.8. The van der Waals surface area contributed by atoms with Crippen molar-refractivity contribution in [3.8, 4) is 0 Å². The molecular weight excluding hydrogens is 212 g/mol. The van der Waals surface area contributed by atoms with Crippen LogP contribution in [-0.4, -0.2) is 15.8 Å². The molecule has 0 aliphatic carbocycles. The van der Waals surface area contributed by atoms with Crippen molar-refractivity contribution in [1.29, 1.82) is 5.41 Å². The number of amidine groups is 1. The highest BCUT2D eigenvalue weighted by Gasteiger charge is 2.05.